The Labute approximate surface area is 116 Å². The molecule has 0 aliphatic heterocycles. The van der Waals surface area contributed by atoms with Crippen LogP contribution >= 0.6 is 0 Å². The number of carbonyl (C=O) groups is 1. The van der Waals surface area contributed by atoms with Gasteiger partial charge in [0.05, 0.1) is 0 Å². The average Bonchev–Trinajstić information content (AvgIpc) is 2.77. The van der Waals surface area contributed by atoms with Crippen molar-refractivity contribution in [1.29, 1.82) is 0 Å². The monoisotopic (exact) mass is 278 g/mol. The number of carboxylic acids is 1. The lowest BCUT2D eigenvalue weighted by atomic mass is 10.1. The molecule has 20 heavy (non-hydrogen) atoms. The number of rotatable bonds is 4. The highest BCUT2D eigenvalue weighted by Gasteiger charge is 2.16. The SMILES string of the molecule is CC(C)c1cc2c(=O)n(CC(=O)O)nc(N(C)C)n2c1. The molecule has 2 rings (SSSR count). The minimum atomic E-state index is -1.09. The first-order valence-electron chi connectivity index (χ1n) is 6.33. The molecule has 0 saturated carbocycles. The minimum absolute atomic E-state index is 0.275. The minimum Gasteiger partial charge on any atom is -0.480 e. The van der Waals surface area contributed by atoms with Gasteiger partial charge in [-0.2, -0.15) is 0 Å². The topological polar surface area (TPSA) is 79.8 Å². The van der Waals surface area contributed by atoms with Gasteiger partial charge in [0.15, 0.2) is 0 Å². The highest BCUT2D eigenvalue weighted by Crippen LogP contribution is 2.19. The zero-order valence-electron chi connectivity index (χ0n) is 12.0. The zero-order valence-corrected chi connectivity index (χ0v) is 12.0. The van der Waals surface area contributed by atoms with Crippen LogP contribution in [0.5, 0.6) is 0 Å². The number of aliphatic carboxylic acids is 1. The first-order chi connectivity index (χ1) is 9.31. The van der Waals surface area contributed by atoms with Crippen molar-refractivity contribution >= 4 is 17.4 Å². The van der Waals surface area contributed by atoms with Crippen molar-refractivity contribution in [3.63, 3.8) is 0 Å². The molecule has 0 aliphatic carbocycles. The van der Waals surface area contributed by atoms with Crippen LogP contribution in [0.4, 0.5) is 5.95 Å². The van der Waals surface area contributed by atoms with Crippen LogP contribution < -0.4 is 10.5 Å². The first-order valence-corrected chi connectivity index (χ1v) is 6.33. The van der Waals surface area contributed by atoms with Gasteiger partial charge >= 0.3 is 5.97 Å². The maximum Gasteiger partial charge on any atom is 0.325 e. The number of anilines is 1. The number of aromatic nitrogens is 3. The van der Waals surface area contributed by atoms with E-state index in [0.717, 1.165) is 10.2 Å². The Morgan fingerprint density at radius 1 is 1.45 bits per heavy atom. The second kappa shape index (κ2) is 4.99. The van der Waals surface area contributed by atoms with E-state index in [9.17, 15) is 9.59 Å². The summed E-state index contributed by atoms with van der Waals surface area (Å²) in [5.41, 5.74) is 1.05. The third-order valence-corrected chi connectivity index (χ3v) is 3.07. The Balaban J connectivity index is 2.77. The van der Waals surface area contributed by atoms with Gasteiger partial charge in [-0.15, -0.1) is 5.10 Å². The van der Waals surface area contributed by atoms with Crippen molar-refractivity contribution in [2.45, 2.75) is 26.3 Å². The highest BCUT2D eigenvalue weighted by atomic mass is 16.4. The van der Waals surface area contributed by atoms with E-state index < -0.39 is 18.1 Å². The molecule has 0 radical (unpaired) electrons. The van der Waals surface area contributed by atoms with E-state index in [1.165, 1.54) is 0 Å². The van der Waals surface area contributed by atoms with Crippen molar-refractivity contribution in [1.82, 2.24) is 14.2 Å². The van der Waals surface area contributed by atoms with Crippen molar-refractivity contribution in [3.05, 3.63) is 28.2 Å². The van der Waals surface area contributed by atoms with E-state index >= 15 is 0 Å². The fourth-order valence-electron chi connectivity index (χ4n) is 2.00. The molecule has 0 spiro atoms. The van der Waals surface area contributed by atoms with Crippen molar-refractivity contribution in [2.24, 2.45) is 0 Å². The molecule has 0 fully saturated rings. The van der Waals surface area contributed by atoms with Crippen LogP contribution in [0.15, 0.2) is 17.1 Å². The number of hydrogen-bond acceptors (Lipinski definition) is 4. The lowest BCUT2D eigenvalue weighted by molar-refractivity contribution is -0.137. The number of fused-ring (bicyclic) bond motifs is 1. The van der Waals surface area contributed by atoms with Gasteiger partial charge in [-0.05, 0) is 17.5 Å². The molecule has 0 aromatic carbocycles. The Bertz CT molecular complexity index is 712. The van der Waals surface area contributed by atoms with Gasteiger partial charge in [-0.1, -0.05) is 13.8 Å². The molecule has 0 atom stereocenters. The van der Waals surface area contributed by atoms with Gasteiger partial charge in [0, 0.05) is 20.3 Å². The molecule has 0 bridgehead atoms. The summed E-state index contributed by atoms with van der Waals surface area (Å²) in [7, 11) is 3.60. The first kappa shape index (κ1) is 14.1. The van der Waals surface area contributed by atoms with Crippen LogP contribution in [-0.4, -0.2) is 39.4 Å². The van der Waals surface area contributed by atoms with Gasteiger partial charge in [0.1, 0.15) is 12.1 Å². The lowest BCUT2D eigenvalue weighted by Gasteiger charge is -2.15. The van der Waals surface area contributed by atoms with E-state index in [1.54, 1.807) is 29.5 Å². The lowest BCUT2D eigenvalue weighted by Crippen LogP contribution is -2.31. The highest BCUT2D eigenvalue weighted by molar-refractivity contribution is 5.66. The van der Waals surface area contributed by atoms with Crippen molar-refractivity contribution < 1.29 is 9.90 Å². The molecular formula is C13H18N4O3. The summed E-state index contributed by atoms with van der Waals surface area (Å²) in [6.45, 7) is 3.62. The molecule has 2 heterocycles. The quantitative estimate of drug-likeness (QED) is 0.893. The predicted octanol–water partition coefficient (Wildman–Crippen LogP) is 0.770. The second-order valence-electron chi connectivity index (χ2n) is 5.23. The molecule has 108 valence electrons. The largest absolute Gasteiger partial charge is 0.480 e. The van der Waals surface area contributed by atoms with Crippen LogP contribution in [0.1, 0.15) is 25.3 Å². The Hall–Kier alpha value is -2.31. The van der Waals surface area contributed by atoms with Crippen LogP contribution in [-0.2, 0) is 11.3 Å². The summed E-state index contributed by atoms with van der Waals surface area (Å²) in [5, 5.41) is 13.0. The fraction of sp³-hybridized carbons (Fsp3) is 0.462. The fourth-order valence-corrected chi connectivity index (χ4v) is 2.00. The summed E-state index contributed by atoms with van der Waals surface area (Å²) in [6.07, 6.45) is 1.87. The third-order valence-electron chi connectivity index (χ3n) is 3.07. The van der Waals surface area contributed by atoms with Gasteiger partial charge in [0.25, 0.3) is 5.56 Å². The molecule has 0 saturated heterocycles. The van der Waals surface area contributed by atoms with Crippen molar-refractivity contribution in [3.8, 4) is 0 Å². The average molecular weight is 278 g/mol. The zero-order chi connectivity index (χ0) is 15.0. The Morgan fingerprint density at radius 3 is 2.60 bits per heavy atom. The van der Waals surface area contributed by atoms with Crippen molar-refractivity contribution in [2.75, 3.05) is 19.0 Å². The molecule has 0 aliphatic rings. The van der Waals surface area contributed by atoms with Gasteiger partial charge < -0.3 is 10.0 Å². The molecular weight excluding hydrogens is 260 g/mol. The van der Waals surface area contributed by atoms with Crippen LogP contribution in [0.3, 0.4) is 0 Å². The van der Waals surface area contributed by atoms with Gasteiger partial charge in [-0.3, -0.25) is 14.0 Å². The molecule has 2 aromatic heterocycles. The molecule has 0 unspecified atom stereocenters. The summed E-state index contributed by atoms with van der Waals surface area (Å²) >= 11 is 0. The Morgan fingerprint density at radius 2 is 2.10 bits per heavy atom. The molecule has 7 nitrogen and oxygen atoms in total. The van der Waals surface area contributed by atoms with Crippen LogP contribution in [0.2, 0.25) is 0 Å². The van der Waals surface area contributed by atoms with Crippen LogP contribution in [0, 0.1) is 0 Å². The summed E-state index contributed by atoms with van der Waals surface area (Å²) < 4.78 is 2.69. The molecule has 1 N–H and O–H groups in total. The molecule has 0 amide bonds. The second-order valence-corrected chi connectivity index (χ2v) is 5.23. The summed E-state index contributed by atoms with van der Waals surface area (Å²) in [6, 6.07) is 1.79. The van der Waals surface area contributed by atoms with E-state index in [-0.39, 0.29) is 5.92 Å². The predicted molar refractivity (Wildman–Crippen MR) is 75.5 cm³/mol. The van der Waals surface area contributed by atoms with Crippen LogP contribution in [0.25, 0.3) is 5.52 Å². The van der Waals surface area contributed by atoms with E-state index in [4.69, 9.17) is 5.11 Å². The molecule has 2 aromatic rings. The number of hydrogen-bond donors (Lipinski definition) is 1. The summed E-state index contributed by atoms with van der Waals surface area (Å²) in [5.74, 6) is -0.297. The maximum absolute atomic E-state index is 12.3. The number of carboxylic acid groups (broad SMARTS) is 1. The van der Waals surface area contributed by atoms with E-state index in [0.29, 0.717) is 11.5 Å². The third kappa shape index (κ3) is 2.38. The Kier molecular flexibility index (Phi) is 3.52. The van der Waals surface area contributed by atoms with Gasteiger partial charge in [-0.25, -0.2) is 4.68 Å². The van der Waals surface area contributed by atoms with Gasteiger partial charge in [0.2, 0.25) is 5.95 Å². The number of nitrogens with zero attached hydrogens (tertiary/aromatic N) is 4. The van der Waals surface area contributed by atoms with E-state index in [1.807, 2.05) is 20.0 Å². The summed E-state index contributed by atoms with van der Waals surface area (Å²) in [4.78, 5) is 24.8. The standard InChI is InChI=1S/C13H18N4O3/c1-8(2)9-5-10-12(20)17(7-11(18)19)14-13(15(3)4)16(10)6-9/h5-6,8H,7H2,1-4H3,(H,18,19). The smallest absolute Gasteiger partial charge is 0.325 e. The maximum atomic E-state index is 12.3. The molecule has 7 heteroatoms. The normalized spacial score (nSPS) is 11.2. The van der Waals surface area contributed by atoms with E-state index in [2.05, 4.69) is 5.10 Å².